The summed E-state index contributed by atoms with van der Waals surface area (Å²) in [6.07, 6.45) is 2.53. The predicted octanol–water partition coefficient (Wildman–Crippen LogP) is 5.10. The maximum absolute atomic E-state index is 12.0. The predicted molar refractivity (Wildman–Crippen MR) is 98.0 cm³/mol. The topological polar surface area (TPSA) is 67.8 Å². The number of nitrogens with one attached hydrogen (secondary N) is 1. The van der Waals surface area contributed by atoms with Crippen molar-refractivity contribution < 1.29 is 19.4 Å². The number of hydrogen-bond acceptors (Lipinski definition) is 4. The summed E-state index contributed by atoms with van der Waals surface area (Å²) in [4.78, 5) is 12.0. The molecule has 0 spiro atoms. The molecule has 0 saturated carbocycles. The molecule has 0 aliphatic carbocycles. The highest BCUT2D eigenvalue weighted by Gasteiger charge is 2.14. The molecular formula is C20H25NO4. The minimum absolute atomic E-state index is 0.0972. The van der Waals surface area contributed by atoms with E-state index >= 15 is 0 Å². The van der Waals surface area contributed by atoms with Crippen LogP contribution >= 0.6 is 0 Å². The molecule has 1 amide bonds. The van der Waals surface area contributed by atoms with Gasteiger partial charge in [0.1, 0.15) is 11.5 Å². The van der Waals surface area contributed by atoms with Crippen LogP contribution < -0.4 is 10.1 Å². The number of amides is 1. The van der Waals surface area contributed by atoms with Gasteiger partial charge >= 0.3 is 6.09 Å². The number of aryl methyl sites for hydroxylation is 1. The van der Waals surface area contributed by atoms with Crippen molar-refractivity contribution in [3.05, 3.63) is 54.1 Å². The largest absolute Gasteiger partial charge is 0.508 e. The van der Waals surface area contributed by atoms with E-state index in [2.05, 4.69) is 12.2 Å². The van der Waals surface area contributed by atoms with E-state index in [9.17, 15) is 9.90 Å². The van der Waals surface area contributed by atoms with E-state index in [1.54, 1.807) is 18.2 Å². The van der Waals surface area contributed by atoms with E-state index in [-0.39, 0.29) is 5.75 Å². The molecule has 0 aliphatic rings. The molecule has 0 radical (unpaired) electrons. The molecule has 2 N–H and O–H groups in total. The number of hydrogen-bond donors (Lipinski definition) is 2. The van der Waals surface area contributed by atoms with Gasteiger partial charge in [-0.2, -0.15) is 0 Å². The molecule has 5 heteroatoms. The lowest BCUT2D eigenvalue weighted by atomic mass is 10.1. The molecule has 25 heavy (non-hydrogen) atoms. The minimum Gasteiger partial charge on any atom is -0.508 e. The van der Waals surface area contributed by atoms with E-state index in [0.29, 0.717) is 17.9 Å². The fourth-order valence-electron chi connectivity index (χ4n) is 2.30. The first-order valence-corrected chi connectivity index (χ1v) is 8.63. The fourth-order valence-corrected chi connectivity index (χ4v) is 2.30. The molecule has 2 aromatic carbocycles. The van der Waals surface area contributed by atoms with Gasteiger partial charge in [-0.1, -0.05) is 38.5 Å². The third kappa shape index (κ3) is 6.37. The van der Waals surface area contributed by atoms with Crippen molar-refractivity contribution in [3.8, 4) is 11.5 Å². The molecule has 0 heterocycles. The van der Waals surface area contributed by atoms with Crippen LogP contribution in [0.4, 0.5) is 10.5 Å². The van der Waals surface area contributed by atoms with Crippen LogP contribution in [0.1, 0.15) is 38.7 Å². The Morgan fingerprint density at radius 3 is 2.56 bits per heavy atom. The smallest absolute Gasteiger partial charge is 0.414 e. The van der Waals surface area contributed by atoms with E-state index in [4.69, 9.17) is 9.47 Å². The van der Waals surface area contributed by atoms with E-state index < -0.39 is 12.4 Å². The van der Waals surface area contributed by atoms with Crippen molar-refractivity contribution in [1.82, 2.24) is 0 Å². The first-order chi connectivity index (χ1) is 12.1. The fraction of sp³-hybridized carbons (Fsp3) is 0.350. The van der Waals surface area contributed by atoms with Crippen molar-refractivity contribution in [1.29, 1.82) is 0 Å². The van der Waals surface area contributed by atoms with Crippen LogP contribution in [0.5, 0.6) is 11.5 Å². The third-order valence-corrected chi connectivity index (χ3v) is 3.68. The molecule has 0 fully saturated rings. The van der Waals surface area contributed by atoms with Crippen molar-refractivity contribution >= 4 is 11.8 Å². The van der Waals surface area contributed by atoms with Crippen LogP contribution in [0.15, 0.2) is 48.5 Å². The SMILES string of the molecule is CCCCc1ccc(NC(=O)O[C@H](CC)Oc2cccc(O)c2)cc1. The quantitative estimate of drug-likeness (QED) is 0.655. The summed E-state index contributed by atoms with van der Waals surface area (Å²) in [6.45, 7) is 4.01. The first-order valence-electron chi connectivity index (χ1n) is 8.63. The molecule has 5 nitrogen and oxygen atoms in total. The molecule has 2 aromatic rings. The van der Waals surface area contributed by atoms with Crippen LogP contribution in [-0.4, -0.2) is 17.5 Å². The first kappa shape index (κ1) is 18.6. The number of anilines is 1. The maximum atomic E-state index is 12.0. The Hall–Kier alpha value is -2.69. The average Bonchev–Trinajstić information content (AvgIpc) is 2.60. The zero-order chi connectivity index (χ0) is 18.1. The Bertz CT molecular complexity index is 670. The highest BCUT2D eigenvalue weighted by Crippen LogP contribution is 2.20. The van der Waals surface area contributed by atoms with Gasteiger partial charge in [0.15, 0.2) is 0 Å². The number of aromatic hydroxyl groups is 1. The van der Waals surface area contributed by atoms with Crippen LogP contribution in [0, 0.1) is 0 Å². The Labute approximate surface area is 148 Å². The van der Waals surface area contributed by atoms with E-state index in [1.165, 1.54) is 11.6 Å². The van der Waals surface area contributed by atoms with E-state index in [0.717, 1.165) is 19.3 Å². The van der Waals surface area contributed by atoms with Gasteiger partial charge in [0, 0.05) is 18.2 Å². The highest BCUT2D eigenvalue weighted by atomic mass is 16.7. The van der Waals surface area contributed by atoms with Crippen LogP contribution in [0.2, 0.25) is 0 Å². The summed E-state index contributed by atoms with van der Waals surface area (Å²) in [5.41, 5.74) is 1.93. The number of carbonyl (C=O) groups excluding carboxylic acids is 1. The third-order valence-electron chi connectivity index (χ3n) is 3.68. The average molecular weight is 343 g/mol. The molecule has 0 aliphatic heterocycles. The number of ether oxygens (including phenoxy) is 2. The van der Waals surface area contributed by atoms with Crippen LogP contribution in [0.3, 0.4) is 0 Å². The summed E-state index contributed by atoms with van der Waals surface area (Å²) in [5, 5.41) is 12.1. The number of unbranched alkanes of at least 4 members (excludes halogenated alkanes) is 1. The summed E-state index contributed by atoms with van der Waals surface area (Å²) in [6, 6.07) is 14.1. The summed E-state index contributed by atoms with van der Waals surface area (Å²) < 4.78 is 10.9. The molecular weight excluding hydrogens is 318 g/mol. The molecule has 1 atom stereocenters. The van der Waals surface area contributed by atoms with Gasteiger partial charge in [0.25, 0.3) is 0 Å². The normalized spacial score (nSPS) is 11.6. The zero-order valence-electron chi connectivity index (χ0n) is 14.7. The maximum Gasteiger partial charge on any atom is 0.414 e. The lowest BCUT2D eigenvalue weighted by Crippen LogP contribution is -2.26. The summed E-state index contributed by atoms with van der Waals surface area (Å²) >= 11 is 0. The Morgan fingerprint density at radius 2 is 1.92 bits per heavy atom. The summed E-state index contributed by atoms with van der Waals surface area (Å²) in [7, 11) is 0. The van der Waals surface area contributed by atoms with Gasteiger partial charge in [-0.15, -0.1) is 0 Å². The minimum atomic E-state index is -0.731. The molecule has 134 valence electrons. The van der Waals surface area contributed by atoms with Crippen LogP contribution in [0.25, 0.3) is 0 Å². The molecule has 0 saturated heterocycles. The van der Waals surface area contributed by atoms with Gasteiger partial charge < -0.3 is 14.6 Å². The second kappa shape index (κ2) is 9.57. The lowest BCUT2D eigenvalue weighted by molar-refractivity contribution is -0.0283. The molecule has 0 aromatic heterocycles. The van der Waals surface area contributed by atoms with Crippen molar-refractivity contribution in [2.45, 2.75) is 45.8 Å². The van der Waals surface area contributed by atoms with Gasteiger partial charge in [0.2, 0.25) is 6.29 Å². The second-order valence-corrected chi connectivity index (χ2v) is 5.78. The summed E-state index contributed by atoms with van der Waals surface area (Å²) in [5.74, 6) is 0.542. The van der Waals surface area contributed by atoms with Gasteiger partial charge in [-0.3, -0.25) is 5.32 Å². The van der Waals surface area contributed by atoms with Crippen molar-refractivity contribution in [2.24, 2.45) is 0 Å². The van der Waals surface area contributed by atoms with Crippen molar-refractivity contribution in [3.63, 3.8) is 0 Å². The zero-order valence-corrected chi connectivity index (χ0v) is 14.7. The molecule has 0 bridgehead atoms. The monoisotopic (exact) mass is 343 g/mol. The van der Waals surface area contributed by atoms with Gasteiger partial charge in [-0.25, -0.2) is 4.79 Å². The number of phenols is 1. The number of carbonyl (C=O) groups is 1. The number of benzene rings is 2. The Kier molecular flexibility index (Phi) is 7.14. The number of rotatable bonds is 8. The second-order valence-electron chi connectivity index (χ2n) is 5.78. The Morgan fingerprint density at radius 1 is 1.16 bits per heavy atom. The molecule has 2 rings (SSSR count). The lowest BCUT2D eigenvalue weighted by Gasteiger charge is -2.18. The van der Waals surface area contributed by atoms with Gasteiger partial charge in [0.05, 0.1) is 0 Å². The van der Waals surface area contributed by atoms with E-state index in [1.807, 2.05) is 31.2 Å². The Balaban J connectivity index is 1.87. The standard InChI is InChI=1S/C20H25NO4/c1-3-5-7-15-10-12-16(13-11-15)21-20(23)25-19(4-2)24-18-9-6-8-17(22)14-18/h6,8-14,19,22H,3-5,7H2,1-2H3,(H,21,23)/t19-/m1/s1. The van der Waals surface area contributed by atoms with Crippen LogP contribution in [-0.2, 0) is 11.2 Å². The highest BCUT2D eigenvalue weighted by molar-refractivity contribution is 5.84. The van der Waals surface area contributed by atoms with Gasteiger partial charge in [-0.05, 0) is 42.7 Å². The van der Waals surface area contributed by atoms with Crippen molar-refractivity contribution in [2.75, 3.05) is 5.32 Å². The number of phenolic OH excluding ortho intramolecular Hbond substituents is 1. The molecule has 0 unspecified atom stereocenters.